The van der Waals surface area contributed by atoms with Crippen LogP contribution in [-0.4, -0.2) is 23.4 Å². The molecule has 0 bridgehead atoms. The average molecular weight is 231 g/mol. The molecule has 0 heterocycles. The lowest BCUT2D eigenvalue weighted by Crippen LogP contribution is -2.44. The zero-order valence-corrected chi connectivity index (χ0v) is 10.6. The van der Waals surface area contributed by atoms with Crippen molar-refractivity contribution in [1.29, 1.82) is 5.26 Å². The number of hydrogen-bond acceptors (Lipinski definition) is 3. The van der Waals surface area contributed by atoms with Gasteiger partial charge in [-0.25, -0.2) is 0 Å². The molecule has 0 radical (unpaired) electrons. The van der Waals surface area contributed by atoms with E-state index in [4.69, 9.17) is 11.0 Å². The second kappa shape index (κ2) is 4.46. The summed E-state index contributed by atoms with van der Waals surface area (Å²) < 4.78 is 0. The van der Waals surface area contributed by atoms with E-state index in [-0.39, 0.29) is 5.91 Å². The molecule has 1 aromatic carbocycles. The van der Waals surface area contributed by atoms with Gasteiger partial charge in [-0.2, -0.15) is 5.26 Å². The van der Waals surface area contributed by atoms with E-state index in [2.05, 4.69) is 6.07 Å². The van der Waals surface area contributed by atoms with Crippen LogP contribution in [0.15, 0.2) is 18.2 Å². The minimum Gasteiger partial charge on any atom is -0.398 e. The van der Waals surface area contributed by atoms with E-state index in [0.29, 0.717) is 11.3 Å². The van der Waals surface area contributed by atoms with Crippen LogP contribution in [-0.2, 0) is 0 Å². The minimum absolute atomic E-state index is 0.238. The lowest BCUT2D eigenvalue weighted by Gasteiger charge is -2.29. The van der Waals surface area contributed by atoms with Gasteiger partial charge >= 0.3 is 0 Å². The molecule has 0 unspecified atom stereocenters. The van der Waals surface area contributed by atoms with Crippen molar-refractivity contribution in [3.63, 3.8) is 0 Å². The molecule has 17 heavy (non-hydrogen) atoms. The molecule has 0 aromatic heterocycles. The summed E-state index contributed by atoms with van der Waals surface area (Å²) in [5.41, 5.74) is 6.76. The number of nitrogens with two attached hydrogens (primary N) is 1. The smallest absolute Gasteiger partial charge is 0.256 e. The quantitative estimate of drug-likeness (QED) is 0.791. The lowest BCUT2D eigenvalue weighted by atomic mass is 10.0. The number of benzene rings is 1. The zero-order valence-electron chi connectivity index (χ0n) is 10.6. The Morgan fingerprint density at radius 3 is 2.59 bits per heavy atom. The first kappa shape index (κ1) is 13.0. The van der Waals surface area contributed by atoms with Crippen molar-refractivity contribution in [2.24, 2.45) is 0 Å². The Labute approximate surface area is 102 Å². The molecule has 0 aliphatic carbocycles. The van der Waals surface area contributed by atoms with Gasteiger partial charge in [0.1, 0.15) is 5.54 Å². The number of amides is 1. The highest BCUT2D eigenvalue weighted by molar-refractivity contribution is 5.99. The molecular formula is C13H17N3O. The average Bonchev–Trinajstić information content (AvgIpc) is 2.30. The number of carbonyl (C=O) groups is 1. The SMILES string of the molecule is Cc1ccc(N)c(C(=O)N(C)C(C)(C)C#N)c1. The summed E-state index contributed by atoms with van der Waals surface area (Å²) in [5, 5.41) is 9.01. The number of carbonyl (C=O) groups excluding carboxylic acids is 1. The number of aryl methyl sites for hydroxylation is 1. The molecule has 0 saturated carbocycles. The first-order valence-corrected chi connectivity index (χ1v) is 5.35. The molecule has 1 amide bonds. The summed E-state index contributed by atoms with van der Waals surface area (Å²) in [7, 11) is 1.60. The van der Waals surface area contributed by atoms with Gasteiger partial charge in [0.15, 0.2) is 0 Å². The van der Waals surface area contributed by atoms with Gasteiger partial charge in [-0.05, 0) is 32.9 Å². The maximum absolute atomic E-state index is 12.2. The van der Waals surface area contributed by atoms with E-state index in [9.17, 15) is 4.79 Å². The Morgan fingerprint density at radius 2 is 2.06 bits per heavy atom. The van der Waals surface area contributed by atoms with Crippen molar-refractivity contribution in [3.8, 4) is 6.07 Å². The minimum atomic E-state index is -0.854. The van der Waals surface area contributed by atoms with Gasteiger partial charge < -0.3 is 10.6 Å². The Kier molecular flexibility index (Phi) is 3.42. The highest BCUT2D eigenvalue weighted by atomic mass is 16.2. The van der Waals surface area contributed by atoms with Gasteiger partial charge in [-0.15, -0.1) is 0 Å². The third-order valence-electron chi connectivity index (χ3n) is 2.86. The van der Waals surface area contributed by atoms with Gasteiger partial charge in [0.2, 0.25) is 0 Å². The third kappa shape index (κ3) is 2.56. The predicted octanol–water partition coefficient (Wildman–Crippen LogP) is 1.95. The summed E-state index contributed by atoms with van der Waals surface area (Å²) in [5.74, 6) is -0.238. The summed E-state index contributed by atoms with van der Waals surface area (Å²) in [6, 6.07) is 7.38. The zero-order chi connectivity index (χ0) is 13.2. The van der Waals surface area contributed by atoms with E-state index < -0.39 is 5.54 Å². The maximum atomic E-state index is 12.2. The molecule has 1 aromatic rings. The first-order chi connectivity index (χ1) is 7.79. The number of anilines is 1. The van der Waals surface area contributed by atoms with Gasteiger partial charge in [-0.1, -0.05) is 11.6 Å². The van der Waals surface area contributed by atoms with Crippen molar-refractivity contribution in [2.45, 2.75) is 26.3 Å². The normalized spacial score (nSPS) is 10.8. The molecule has 0 fully saturated rings. The van der Waals surface area contributed by atoms with Crippen molar-refractivity contribution in [1.82, 2.24) is 4.90 Å². The Hall–Kier alpha value is -2.02. The van der Waals surface area contributed by atoms with Crippen molar-refractivity contribution < 1.29 is 4.79 Å². The lowest BCUT2D eigenvalue weighted by molar-refractivity contribution is 0.0699. The molecular weight excluding hydrogens is 214 g/mol. The molecule has 0 atom stereocenters. The second-order valence-electron chi connectivity index (χ2n) is 4.63. The molecule has 90 valence electrons. The molecule has 4 nitrogen and oxygen atoms in total. The Balaban J connectivity index is 3.14. The van der Waals surface area contributed by atoms with E-state index in [0.717, 1.165) is 5.56 Å². The van der Waals surface area contributed by atoms with Gasteiger partial charge in [-0.3, -0.25) is 4.79 Å². The van der Waals surface area contributed by atoms with Crippen LogP contribution in [0, 0.1) is 18.3 Å². The molecule has 0 saturated heterocycles. The fraction of sp³-hybridized carbons (Fsp3) is 0.385. The number of hydrogen-bond donors (Lipinski definition) is 1. The highest BCUT2D eigenvalue weighted by Gasteiger charge is 2.28. The fourth-order valence-electron chi connectivity index (χ4n) is 1.36. The van der Waals surface area contributed by atoms with Crippen molar-refractivity contribution in [2.75, 3.05) is 12.8 Å². The fourth-order valence-corrected chi connectivity index (χ4v) is 1.36. The largest absolute Gasteiger partial charge is 0.398 e. The van der Waals surface area contributed by atoms with Crippen LogP contribution < -0.4 is 5.73 Å². The van der Waals surface area contributed by atoms with Gasteiger partial charge in [0, 0.05) is 12.7 Å². The number of nitriles is 1. The topological polar surface area (TPSA) is 70.1 Å². The van der Waals surface area contributed by atoms with Crippen LogP contribution in [0.25, 0.3) is 0 Å². The highest BCUT2D eigenvalue weighted by Crippen LogP contribution is 2.20. The number of rotatable bonds is 2. The molecule has 0 aliphatic heterocycles. The van der Waals surface area contributed by atoms with Crippen LogP contribution in [0.1, 0.15) is 29.8 Å². The molecule has 0 aliphatic rings. The molecule has 2 N–H and O–H groups in total. The predicted molar refractivity (Wildman–Crippen MR) is 67.4 cm³/mol. The summed E-state index contributed by atoms with van der Waals surface area (Å²) in [6.07, 6.45) is 0. The Bertz CT molecular complexity index is 486. The monoisotopic (exact) mass is 231 g/mol. The molecule has 0 spiro atoms. The third-order valence-corrected chi connectivity index (χ3v) is 2.86. The van der Waals surface area contributed by atoms with Crippen LogP contribution in [0.4, 0.5) is 5.69 Å². The maximum Gasteiger partial charge on any atom is 0.256 e. The molecule has 1 rings (SSSR count). The second-order valence-corrected chi connectivity index (χ2v) is 4.63. The first-order valence-electron chi connectivity index (χ1n) is 5.35. The van der Waals surface area contributed by atoms with Crippen molar-refractivity contribution >= 4 is 11.6 Å². The summed E-state index contributed by atoms with van der Waals surface area (Å²) >= 11 is 0. The van der Waals surface area contributed by atoms with Crippen molar-refractivity contribution in [3.05, 3.63) is 29.3 Å². The van der Waals surface area contributed by atoms with E-state index in [1.165, 1.54) is 4.90 Å². The van der Waals surface area contributed by atoms with Crippen LogP contribution in [0.5, 0.6) is 0 Å². The van der Waals surface area contributed by atoms with E-state index in [1.54, 1.807) is 33.0 Å². The van der Waals surface area contributed by atoms with E-state index in [1.807, 2.05) is 13.0 Å². The Morgan fingerprint density at radius 1 is 1.47 bits per heavy atom. The van der Waals surface area contributed by atoms with Crippen LogP contribution >= 0.6 is 0 Å². The molecule has 4 heteroatoms. The van der Waals surface area contributed by atoms with E-state index >= 15 is 0 Å². The van der Waals surface area contributed by atoms with Gasteiger partial charge in [0.05, 0.1) is 11.6 Å². The summed E-state index contributed by atoms with van der Waals surface area (Å²) in [6.45, 7) is 5.28. The summed E-state index contributed by atoms with van der Waals surface area (Å²) in [4.78, 5) is 13.6. The number of nitrogens with zero attached hydrogens (tertiary/aromatic N) is 2. The number of nitrogen functional groups attached to an aromatic ring is 1. The van der Waals surface area contributed by atoms with Gasteiger partial charge in [0.25, 0.3) is 5.91 Å². The van der Waals surface area contributed by atoms with Crippen LogP contribution in [0.3, 0.4) is 0 Å². The van der Waals surface area contributed by atoms with Crippen LogP contribution in [0.2, 0.25) is 0 Å². The standard InChI is InChI=1S/C13H17N3O/c1-9-5-6-11(15)10(7-9)12(17)16(4)13(2,3)8-14/h5-7H,15H2,1-4H3.